The Balaban J connectivity index is 1.29. The minimum Gasteiger partial charge on any atom is -0.352 e. The van der Waals surface area contributed by atoms with Crippen LogP contribution in [0.5, 0.6) is 0 Å². The fraction of sp³-hybridized carbons (Fsp3) is 0.320. The largest absolute Gasteiger partial charge is 0.352 e. The van der Waals surface area contributed by atoms with Crippen LogP contribution in [-0.4, -0.2) is 39.4 Å². The van der Waals surface area contributed by atoms with Crippen molar-refractivity contribution in [3.63, 3.8) is 0 Å². The molecule has 1 fully saturated rings. The smallest absolute Gasteiger partial charge is 0.225 e. The molecule has 166 valence electrons. The van der Waals surface area contributed by atoms with Gasteiger partial charge in [0, 0.05) is 44.1 Å². The molecule has 4 rings (SSSR count). The van der Waals surface area contributed by atoms with Crippen LogP contribution in [-0.2, 0) is 22.6 Å². The van der Waals surface area contributed by atoms with Crippen molar-refractivity contribution in [1.29, 1.82) is 0 Å². The second kappa shape index (κ2) is 9.77. The molecule has 0 aliphatic carbocycles. The fourth-order valence-electron chi connectivity index (χ4n) is 4.06. The summed E-state index contributed by atoms with van der Waals surface area (Å²) in [6.45, 7) is 3.28. The highest BCUT2D eigenvalue weighted by Gasteiger charge is 2.29. The summed E-state index contributed by atoms with van der Waals surface area (Å²) in [4.78, 5) is 31.0. The van der Waals surface area contributed by atoms with E-state index >= 15 is 0 Å². The topological polar surface area (TPSA) is 67.2 Å². The average Bonchev–Trinajstić information content (AvgIpc) is 3.23. The Kier molecular flexibility index (Phi) is 6.63. The molecule has 0 unspecified atom stereocenters. The monoisotopic (exact) mass is 434 g/mol. The van der Waals surface area contributed by atoms with E-state index in [0.717, 1.165) is 22.6 Å². The molecule has 1 aromatic heterocycles. The third-order valence-electron chi connectivity index (χ3n) is 5.94. The Morgan fingerprint density at radius 3 is 2.72 bits per heavy atom. The number of benzene rings is 2. The summed E-state index contributed by atoms with van der Waals surface area (Å²) in [5, 5.41) is 3.01. The number of rotatable bonds is 7. The molecule has 3 aromatic rings. The first-order valence-electron chi connectivity index (χ1n) is 10.9. The summed E-state index contributed by atoms with van der Waals surface area (Å²) in [5.74, 6) is 0.421. The van der Waals surface area contributed by atoms with Crippen molar-refractivity contribution >= 4 is 11.8 Å². The standard InChI is InChI=1S/C25H27FN4O2/c1-18-27-12-14-30(18)23-8-5-20(6-9-23)16-28-25(32)21-7-10-24(31)29(17-21)13-11-19-3-2-4-22(26)15-19/h2-6,8-9,12,14-15,21H,7,10-11,13,16-17H2,1H3,(H,28,32)/t21-/m1/s1. The maximum Gasteiger partial charge on any atom is 0.225 e. The maximum atomic E-state index is 13.4. The van der Waals surface area contributed by atoms with Gasteiger partial charge < -0.3 is 14.8 Å². The molecule has 7 heteroatoms. The van der Waals surface area contributed by atoms with E-state index in [1.54, 1.807) is 17.2 Å². The lowest BCUT2D eigenvalue weighted by Crippen LogP contribution is -2.46. The van der Waals surface area contributed by atoms with Crippen molar-refractivity contribution in [3.8, 4) is 5.69 Å². The zero-order valence-corrected chi connectivity index (χ0v) is 18.1. The summed E-state index contributed by atoms with van der Waals surface area (Å²) in [7, 11) is 0. The number of nitrogens with one attached hydrogen (secondary N) is 1. The van der Waals surface area contributed by atoms with Gasteiger partial charge in [-0.25, -0.2) is 9.37 Å². The number of amides is 2. The van der Waals surface area contributed by atoms with Gasteiger partial charge in [-0.05, 0) is 55.2 Å². The van der Waals surface area contributed by atoms with E-state index in [1.165, 1.54) is 12.1 Å². The zero-order chi connectivity index (χ0) is 22.5. The van der Waals surface area contributed by atoms with Crippen LogP contribution in [0.4, 0.5) is 4.39 Å². The van der Waals surface area contributed by atoms with E-state index in [0.29, 0.717) is 38.9 Å². The Morgan fingerprint density at radius 1 is 1.19 bits per heavy atom. The van der Waals surface area contributed by atoms with Crippen LogP contribution < -0.4 is 5.32 Å². The summed E-state index contributed by atoms with van der Waals surface area (Å²) in [5.41, 5.74) is 2.88. The minimum atomic E-state index is -0.280. The van der Waals surface area contributed by atoms with Gasteiger partial charge >= 0.3 is 0 Å². The first-order chi connectivity index (χ1) is 15.5. The molecule has 1 N–H and O–H groups in total. The molecule has 2 amide bonds. The van der Waals surface area contributed by atoms with E-state index in [2.05, 4.69) is 10.3 Å². The normalized spacial score (nSPS) is 16.2. The molecule has 0 bridgehead atoms. The Morgan fingerprint density at radius 2 is 2.00 bits per heavy atom. The summed E-state index contributed by atoms with van der Waals surface area (Å²) in [6.07, 6.45) is 5.16. The molecular weight excluding hydrogens is 407 g/mol. The van der Waals surface area contributed by atoms with Gasteiger partial charge in [-0.15, -0.1) is 0 Å². The molecule has 2 heterocycles. The lowest BCUT2D eigenvalue weighted by molar-refractivity contribution is -0.138. The van der Waals surface area contributed by atoms with Crippen LogP contribution in [0, 0.1) is 18.7 Å². The molecule has 0 radical (unpaired) electrons. The average molecular weight is 435 g/mol. The van der Waals surface area contributed by atoms with Crippen molar-refractivity contribution < 1.29 is 14.0 Å². The number of hydrogen-bond donors (Lipinski definition) is 1. The van der Waals surface area contributed by atoms with E-state index in [1.807, 2.05) is 48.0 Å². The van der Waals surface area contributed by atoms with Crippen LogP contribution in [0.25, 0.3) is 5.69 Å². The van der Waals surface area contributed by atoms with E-state index in [-0.39, 0.29) is 23.5 Å². The van der Waals surface area contributed by atoms with Crippen molar-refractivity contribution in [2.45, 2.75) is 32.7 Å². The molecule has 2 aromatic carbocycles. The van der Waals surface area contributed by atoms with Crippen molar-refractivity contribution in [1.82, 2.24) is 19.8 Å². The number of carbonyl (C=O) groups excluding carboxylic acids is 2. The lowest BCUT2D eigenvalue weighted by Gasteiger charge is -2.32. The number of hydrogen-bond acceptors (Lipinski definition) is 3. The minimum absolute atomic E-state index is 0.0391. The van der Waals surface area contributed by atoms with Gasteiger partial charge in [0.05, 0.1) is 5.92 Å². The van der Waals surface area contributed by atoms with E-state index in [9.17, 15) is 14.0 Å². The summed E-state index contributed by atoms with van der Waals surface area (Å²) >= 11 is 0. The second-order valence-electron chi connectivity index (χ2n) is 8.18. The Bertz CT molecular complexity index is 1090. The van der Waals surface area contributed by atoms with Gasteiger partial charge in [0.2, 0.25) is 11.8 Å². The molecule has 0 saturated carbocycles. The molecule has 1 saturated heterocycles. The number of imidazole rings is 1. The molecule has 0 spiro atoms. The lowest BCUT2D eigenvalue weighted by atomic mass is 9.96. The first kappa shape index (κ1) is 21.7. The number of nitrogens with zero attached hydrogens (tertiary/aromatic N) is 3. The molecule has 1 aliphatic heterocycles. The molecule has 32 heavy (non-hydrogen) atoms. The van der Waals surface area contributed by atoms with Gasteiger partial charge in [0.25, 0.3) is 0 Å². The second-order valence-corrected chi connectivity index (χ2v) is 8.18. The highest BCUT2D eigenvalue weighted by atomic mass is 19.1. The predicted octanol–water partition coefficient (Wildman–Crippen LogP) is 3.42. The first-order valence-corrected chi connectivity index (χ1v) is 10.9. The summed E-state index contributed by atoms with van der Waals surface area (Å²) < 4.78 is 15.4. The van der Waals surface area contributed by atoms with Gasteiger partial charge in [0.15, 0.2) is 0 Å². The van der Waals surface area contributed by atoms with Crippen LogP contribution in [0.2, 0.25) is 0 Å². The van der Waals surface area contributed by atoms with Gasteiger partial charge in [0.1, 0.15) is 11.6 Å². The third kappa shape index (κ3) is 5.22. The van der Waals surface area contributed by atoms with Gasteiger partial charge in [-0.3, -0.25) is 9.59 Å². The van der Waals surface area contributed by atoms with Crippen molar-refractivity contribution in [3.05, 3.63) is 83.7 Å². The number of halogens is 1. The molecule has 1 atom stereocenters. The quantitative estimate of drug-likeness (QED) is 0.620. The van der Waals surface area contributed by atoms with Crippen molar-refractivity contribution in [2.24, 2.45) is 5.92 Å². The third-order valence-corrected chi connectivity index (χ3v) is 5.94. The summed E-state index contributed by atoms with van der Waals surface area (Å²) in [6, 6.07) is 14.4. The van der Waals surface area contributed by atoms with Crippen LogP contribution in [0.1, 0.15) is 29.8 Å². The number of aryl methyl sites for hydroxylation is 1. The van der Waals surface area contributed by atoms with Crippen LogP contribution in [0.15, 0.2) is 60.9 Å². The maximum absolute atomic E-state index is 13.4. The molecule has 6 nitrogen and oxygen atoms in total. The van der Waals surface area contributed by atoms with E-state index in [4.69, 9.17) is 0 Å². The number of piperidine rings is 1. The number of aromatic nitrogens is 2. The van der Waals surface area contributed by atoms with Crippen molar-refractivity contribution in [2.75, 3.05) is 13.1 Å². The van der Waals surface area contributed by atoms with E-state index < -0.39 is 0 Å². The zero-order valence-electron chi connectivity index (χ0n) is 18.1. The molecular formula is C25H27FN4O2. The Hall–Kier alpha value is -3.48. The highest BCUT2D eigenvalue weighted by Crippen LogP contribution is 2.19. The van der Waals surface area contributed by atoms with Crippen LogP contribution in [0.3, 0.4) is 0 Å². The SMILES string of the molecule is Cc1nccn1-c1ccc(CNC(=O)[C@@H]2CCC(=O)N(CCc3cccc(F)c3)C2)cc1. The van der Waals surface area contributed by atoms with Gasteiger partial charge in [-0.2, -0.15) is 0 Å². The number of likely N-dealkylation sites (tertiary alicyclic amines) is 1. The predicted molar refractivity (Wildman–Crippen MR) is 120 cm³/mol. The fourth-order valence-corrected chi connectivity index (χ4v) is 4.06. The Labute approximate surface area is 187 Å². The highest BCUT2D eigenvalue weighted by molar-refractivity contribution is 5.83. The van der Waals surface area contributed by atoms with Gasteiger partial charge in [-0.1, -0.05) is 24.3 Å². The number of carbonyl (C=O) groups is 2. The molecule has 1 aliphatic rings. The van der Waals surface area contributed by atoms with Crippen LogP contribution >= 0.6 is 0 Å².